The fourth-order valence-electron chi connectivity index (χ4n) is 2.21. The number of fused-ring (bicyclic) bond motifs is 1. The Labute approximate surface area is 107 Å². The molecule has 0 unspecified atom stereocenters. The third-order valence-electron chi connectivity index (χ3n) is 3.31. The third kappa shape index (κ3) is 2.09. The standard InChI is InChI=1S/C11H13F3N2O3/c1-6-3-16(5-17)4-7-8(6)9(15-19-7)10(2,18)11(12,13)14/h5-6,18H,3-4H2,1-2H3/t6-,10+/m0/s1. The topological polar surface area (TPSA) is 66.6 Å². The van der Waals surface area contributed by atoms with Gasteiger partial charge in [0.2, 0.25) is 12.0 Å². The number of aliphatic hydroxyl groups is 1. The quantitative estimate of drug-likeness (QED) is 0.833. The number of aromatic nitrogens is 1. The van der Waals surface area contributed by atoms with Gasteiger partial charge in [0.25, 0.3) is 0 Å². The summed E-state index contributed by atoms with van der Waals surface area (Å²) < 4.78 is 43.4. The summed E-state index contributed by atoms with van der Waals surface area (Å²) >= 11 is 0. The van der Waals surface area contributed by atoms with Gasteiger partial charge in [-0.05, 0) is 6.92 Å². The van der Waals surface area contributed by atoms with Crippen molar-refractivity contribution in [3.63, 3.8) is 0 Å². The van der Waals surface area contributed by atoms with Crippen molar-refractivity contribution >= 4 is 6.41 Å². The van der Waals surface area contributed by atoms with Gasteiger partial charge < -0.3 is 14.5 Å². The number of hydrogen-bond acceptors (Lipinski definition) is 4. The summed E-state index contributed by atoms with van der Waals surface area (Å²) in [6, 6.07) is 0. The first-order valence-electron chi connectivity index (χ1n) is 5.66. The minimum absolute atomic E-state index is 0.0596. The van der Waals surface area contributed by atoms with Crippen LogP contribution in [-0.4, -0.2) is 34.3 Å². The van der Waals surface area contributed by atoms with Crippen molar-refractivity contribution in [3.8, 4) is 0 Å². The molecular weight excluding hydrogens is 265 g/mol. The third-order valence-corrected chi connectivity index (χ3v) is 3.31. The van der Waals surface area contributed by atoms with Crippen LogP contribution in [0.4, 0.5) is 13.2 Å². The lowest BCUT2D eigenvalue weighted by atomic mass is 9.88. The van der Waals surface area contributed by atoms with Crippen molar-refractivity contribution < 1.29 is 27.6 Å². The van der Waals surface area contributed by atoms with Crippen molar-refractivity contribution in [3.05, 3.63) is 17.0 Å². The maximum absolute atomic E-state index is 12.8. The van der Waals surface area contributed by atoms with Gasteiger partial charge in [-0.25, -0.2) is 0 Å². The molecule has 0 radical (unpaired) electrons. The molecule has 106 valence electrons. The monoisotopic (exact) mass is 278 g/mol. The maximum atomic E-state index is 12.8. The molecule has 5 nitrogen and oxygen atoms in total. The van der Waals surface area contributed by atoms with Crippen LogP contribution in [0.5, 0.6) is 0 Å². The molecule has 2 rings (SSSR count). The van der Waals surface area contributed by atoms with E-state index in [-0.39, 0.29) is 30.3 Å². The lowest BCUT2D eigenvalue weighted by Crippen LogP contribution is -2.41. The zero-order valence-corrected chi connectivity index (χ0v) is 10.4. The smallest absolute Gasteiger partial charge is 0.375 e. The zero-order chi connectivity index (χ0) is 14.4. The fraction of sp³-hybridized carbons (Fsp3) is 0.636. The highest BCUT2D eigenvalue weighted by atomic mass is 19.4. The minimum atomic E-state index is -4.85. The van der Waals surface area contributed by atoms with Gasteiger partial charge in [-0.1, -0.05) is 12.1 Å². The van der Waals surface area contributed by atoms with Gasteiger partial charge in [0.15, 0.2) is 5.76 Å². The van der Waals surface area contributed by atoms with Gasteiger partial charge >= 0.3 is 6.18 Å². The largest absolute Gasteiger partial charge is 0.422 e. The average Bonchev–Trinajstić information content (AvgIpc) is 2.71. The Morgan fingerprint density at radius 2 is 2.16 bits per heavy atom. The first-order valence-corrected chi connectivity index (χ1v) is 5.66. The number of amides is 1. The molecule has 1 aromatic rings. The maximum Gasteiger partial charge on any atom is 0.422 e. The molecule has 0 aliphatic carbocycles. The van der Waals surface area contributed by atoms with Crippen molar-refractivity contribution in [1.29, 1.82) is 0 Å². The minimum Gasteiger partial charge on any atom is -0.375 e. The van der Waals surface area contributed by atoms with E-state index in [0.717, 1.165) is 0 Å². The van der Waals surface area contributed by atoms with Crippen molar-refractivity contribution in [2.45, 2.75) is 38.1 Å². The predicted octanol–water partition coefficient (Wildman–Crippen LogP) is 1.52. The Kier molecular flexibility index (Phi) is 3.08. The van der Waals surface area contributed by atoms with Crippen LogP contribution in [0.3, 0.4) is 0 Å². The molecule has 19 heavy (non-hydrogen) atoms. The van der Waals surface area contributed by atoms with E-state index in [1.54, 1.807) is 6.92 Å². The predicted molar refractivity (Wildman–Crippen MR) is 57.0 cm³/mol. The molecule has 1 amide bonds. The van der Waals surface area contributed by atoms with Crippen LogP contribution in [0.25, 0.3) is 0 Å². The van der Waals surface area contributed by atoms with Gasteiger partial charge in [-0.15, -0.1) is 0 Å². The van der Waals surface area contributed by atoms with E-state index in [2.05, 4.69) is 5.16 Å². The summed E-state index contributed by atoms with van der Waals surface area (Å²) in [4.78, 5) is 12.1. The number of hydrogen-bond donors (Lipinski definition) is 1. The van der Waals surface area contributed by atoms with Crippen molar-refractivity contribution in [2.75, 3.05) is 6.54 Å². The lowest BCUT2D eigenvalue weighted by Gasteiger charge is -2.30. The Balaban J connectivity index is 2.48. The normalized spacial score (nSPS) is 22.8. The number of rotatable bonds is 2. The molecule has 0 spiro atoms. The van der Waals surface area contributed by atoms with Crippen LogP contribution in [0.1, 0.15) is 36.8 Å². The van der Waals surface area contributed by atoms with E-state index in [1.165, 1.54) is 4.90 Å². The number of nitrogens with zero attached hydrogens (tertiary/aromatic N) is 2. The summed E-state index contributed by atoms with van der Waals surface area (Å²) in [6.07, 6.45) is -4.25. The first kappa shape index (κ1) is 13.9. The highest BCUT2D eigenvalue weighted by molar-refractivity contribution is 5.49. The van der Waals surface area contributed by atoms with Crippen LogP contribution < -0.4 is 0 Å². The molecule has 0 saturated carbocycles. The molecule has 0 bridgehead atoms. The zero-order valence-electron chi connectivity index (χ0n) is 10.4. The van der Waals surface area contributed by atoms with Crippen molar-refractivity contribution in [2.24, 2.45) is 0 Å². The molecule has 0 aromatic carbocycles. The summed E-state index contributed by atoms with van der Waals surface area (Å²) in [5.41, 5.74) is -3.35. The summed E-state index contributed by atoms with van der Waals surface area (Å²) in [5, 5.41) is 13.0. The molecule has 1 aliphatic rings. The van der Waals surface area contributed by atoms with Crippen LogP contribution in [-0.2, 0) is 16.9 Å². The summed E-state index contributed by atoms with van der Waals surface area (Å²) in [5.74, 6) is -0.200. The summed E-state index contributed by atoms with van der Waals surface area (Å²) in [7, 11) is 0. The molecule has 8 heteroatoms. The Bertz CT molecular complexity index is 496. The number of alkyl halides is 3. The molecule has 1 N–H and O–H groups in total. The number of carbonyl (C=O) groups is 1. The second kappa shape index (κ2) is 4.22. The van der Waals surface area contributed by atoms with E-state index >= 15 is 0 Å². The highest BCUT2D eigenvalue weighted by Crippen LogP contribution is 2.43. The average molecular weight is 278 g/mol. The van der Waals surface area contributed by atoms with Crippen LogP contribution in [0, 0.1) is 0 Å². The van der Waals surface area contributed by atoms with E-state index in [4.69, 9.17) is 4.52 Å². The van der Waals surface area contributed by atoms with Crippen molar-refractivity contribution in [1.82, 2.24) is 10.1 Å². The molecule has 1 aromatic heterocycles. The van der Waals surface area contributed by atoms with Crippen LogP contribution in [0.2, 0.25) is 0 Å². The van der Waals surface area contributed by atoms with Crippen LogP contribution >= 0.6 is 0 Å². The van der Waals surface area contributed by atoms with E-state index < -0.39 is 17.5 Å². The molecule has 2 heterocycles. The van der Waals surface area contributed by atoms with E-state index in [9.17, 15) is 23.1 Å². The second-order valence-corrected chi connectivity index (χ2v) is 4.87. The van der Waals surface area contributed by atoms with Gasteiger partial charge in [0.1, 0.15) is 5.69 Å². The second-order valence-electron chi connectivity index (χ2n) is 4.87. The Hall–Kier alpha value is -1.57. The van der Waals surface area contributed by atoms with E-state index in [0.29, 0.717) is 13.3 Å². The Morgan fingerprint density at radius 1 is 1.53 bits per heavy atom. The van der Waals surface area contributed by atoms with Crippen LogP contribution in [0.15, 0.2) is 4.52 Å². The molecular formula is C11H13F3N2O3. The summed E-state index contributed by atoms with van der Waals surface area (Å²) in [6.45, 7) is 2.62. The molecule has 0 fully saturated rings. The van der Waals surface area contributed by atoms with Gasteiger partial charge in [-0.3, -0.25) is 4.79 Å². The SMILES string of the molecule is C[C@H]1CN(C=O)Cc2onc([C@@](C)(O)C(F)(F)F)c21. The Morgan fingerprint density at radius 3 is 2.68 bits per heavy atom. The molecule has 0 saturated heterocycles. The van der Waals surface area contributed by atoms with E-state index in [1.807, 2.05) is 0 Å². The lowest BCUT2D eigenvalue weighted by molar-refractivity contribution is -0.261. The number of halogens is 3. The van der Waals surface area contributed by atoms with Gasteiger partial charge in [0, 0.05) is 18.0 Å². The number of carbonyl (C=O) groups excluding carboxylic acids is 1. The first-order chi connectivity index (χ1) is 8.68. The van der Waals surface area contributed by atoms with Gasteiger partial charge in [-0.2, -0.15) is 13.2 Å². The molecule has 2 atom stereocenters. The fourth-order valence-corrected chi connectivity index (χ4v) is 2.21. The highest BCUT2D eigenvalue weighted by Gasteiger charge is 2.55. The van der Waals surface area contributed by atoms with Gasteiger partial charge in [0.05, 0.1) is 6.54 Å². The molecule has 1 aliphatic heterocycles.